The molecule has 0 aliphatic carbocycles. The fraction of sp³-hybridized carbons (Fsp3) is 0.0556. The van der Waals surface area contributed by atoms with Crippen LogP contribution in [0.25, 0.3) is 16.3 Å². The Morgan fingerprint density at radius 2 is 1.76 bits per heavy atom. The molecule has 4 aromatic rings. The molecule has 0 spiro atoms. The lowest BCUT2D eigenvalue weighted by Gasteiger charge is -1.97. The van der Waals surface area contributed by atoms with Gasteiger partial charge in [0.05, 0.1) is 6.20 Å². The number of nitrogens with zero attached hydrogens (tertiary/aromatic N) is 2. The summed E-state index contributed by atoms with van der Waals surface area (Å²) in [6.45, 7) is 0.840. The smallest absolute Gasteiger partial charge is 0.232 e. The summed E-state index contributed by atoms with van der Waals surface area (Å²) in [5.74, 6) is 0. The largest absolute Gasteiger partial charge is 0.249 e. The van der Waals surface area contributed by atoms with Crippen LogP contribution in [0.1, 0.15) is 5.56 Å². The molecule has 4 rings (SSSR count). The van der Waals surface area contributed by atoms with Gasteiger partial charge in [-0.2, -0.15) is 0 Å². The Morgan fingerprint density at radius 1 is 0.952 bits per heavy atom. The molecule has 2 nitrogen and oxygen atoms in total. The lowest BCUT2D eigenvalue weighted by molar-refractivity contribution is -0.686. The predicted octanol–water partition coefficient (Wildman–Crippen LogP) is 4.08. The SMILES string of the molecule is Clc1ccc(C[n+]2cc3c4ccccc4ccn3c2)cc1. The highest BCUT2D eigenvalue weighted by atomic mass is 35.5. The standard InChI is InChI=1S/C18H14ClN2/c19-16-7-5-14(6-8-16)11-20-12-18-17-4-2-1-3-15(17)9-10-21(18)13-20/h1-10,12-13H,11H2/q+1. The highest BCUT2D eigenvalue weighted by Crippen LogP contribution is 2.18. The van der Waals surface area contributed by atoms with Crippen molar-refractivity contribution in [2.45, 2.75) is 6.54 Å². The molecule has 0 fully saturated rings. The first-order chi connectivity index (χ1) is 10.3. The molecule has 102 valence electrons. The zero-order valence-corrected chi connectivity index (χ0v) is 12.2. The minimum Gasteiger partial charge on any atom is -0.232 e. The van der Waals surface area contributed by atoms with Gasteiger partial charge in [-0.3, -0.25) is 0 Å². The second-order valence-corrected chi connectivity index (χ2v) is 5.68. The number of hydrogen-bond donors (Lipinski definition) is 0. The number of aromatic nitrogens is 2. The third kappa shape index (κ3) is 2.28. The first-order valence-corrected chi connectivity index (χ1v) is 7.30. The fourth-order valence-electron chi connectivity index (χ4n) is 2.73. The normalized spacial score (nSPS) is 11.3. The molecule has 2 aromatic carbocycles. The molecule has 0 bridgehead atoms. The van der Waals surface area contributed by atoms with Crippen LogP contribution in [0.5, 0.6) is 0 Å². The van der Waals surface area contributed by atoms with Crippen molar-refractivity contribution in [3.63, 3.8) is 0 Å². The van der Waals surface area contributed by atoms with E-state index in [1.54, 1.807) is 0 Å². The summed E-state index contributed by atoms with van der Waals surface area (Å²) in [6, 6.07) is 18.6. The minimum atomic E-state index is 0.775. The predicted molar refractivity (Wildman–Crippen MR) is 85.7 cm³/mol. The van der Waals surface area contributed by atoms with Crippen molar-refractivity contribution in [2.24, 2.45) is 0 Å². The van der Waals surface area contributed by atoms with E-state index in [9.17, 15) is 0 Å². The number of pyridine rings is 1. The van der Waals surface area contributed by atoms with Crippen LogP contribution in [0.15, 0.2) is 73.3 Å². The molecule has 0 saturated heterocycles. The van der Waals surface area contributed by atoms with E-state index < -0.39 is 0 Å². The van der Waals surface area contributed by atoms with E-state index in [2.05, 4.69) is 70.2 Å². The maximum absolute atomic E-state index is 5.93. The van der Waals surface area contributed by atoms with E-state index in [4.69, 9.17) is 11.6 Å². The highest BCUT2D eigenvalue weighted by molar-refractivity contribution is 6.30. The van der Waals surface area contributed by atoms with E-state index in [1.807, 2.05) is 12.1 Å². The molecule has 0 N–H and O–H groups in total. The second-order valence-electron chi connectivity index (χ2n) is 5.24. The molecule has 0 aliphatic rings. The zero-order chi connectivity index (χ0) is 14.2. The number of rotatable bonds is 2. The Balaban J connectivity index is 1.79. The van der Waals surface area contributed by atoms with Crippen molar-refractivity contribution < 1.29 is 4.57 Å². The van der Waals surface area contributed by atoms with Gasteiger partial charge in [-0.25, -0.2) is 8.97 Å². The number of benzene rings is 2. The molecule has 0 amide bonds. The van der Waals surface area contributed by atoms with Crippen molar-refractivity contribution in [1.29, 1.82) is 0 Å². The van der Waals surface area contributed by atoms with Crippen LogP contribution in [0, 0.1) is 0 Å². The van der Waals surface area contributed by atoms with Gasteiger partial charge in [0.15, 0.2) is 5.52 Å². The molecule has 0 saturated carbocycles. The molecule has 0 radical (unpaired) electrons. The minimum absolute atomic E-state index is 0.775. The molecule has 2 heterocycles. The first kappa shape index (κ1) is 12.4. The third-order valence-electron chi connectivity index (χ3n) is 3.77. The number of fused-ring (bicyclic) bond motifs is 3. The van der Waals surface area contributed by atoms with E-state index in [0.717, 1.165) is 11.6 Å². The van der Waals surface area contributed by atoms with Gasteiger partial charge in [-0.1, -0.05) is 41.9 Å². The number of halogens is 1. The van der Waals surface area contributed by atoms with Crippen LogP contribution >= 0.6 is 11.6 Å². The average molecular weight is 294 g/mol. The summed E-state index contributed by atoms with van der Waals surface area (Å²) in [5, 5.41) is 3.31. The highest BCUT2D eigenvalue weighted by Gasteiger charge is 2.10. The Kier molecular flexibility index (Phi) is 2.90. The summed E-state index contributed by atoms with van der Waals surface area (Å²) in [7, 11) is 0. The lowest BCUT2D eigenvalue weighted by Crippen LogP contribution is -2.31. The van der Waals surface area contributed by atoms with Crippen LogP contribution in [0.2, 0.25) is 5.02 Å². The van der Waals surface area contributed by atoms with Crippen molar-refractivity contribution in [3.8, 4) is 0 Å². The van der Waals surface area contributed by atoms with Crippen LogP contribution in [0.3, 0.4) is 0 Å². The molecule has 3 heteroatoms. The average Bonchev–Trinajstić information content (AvgIpc) is 2.92. The van der Waals surface area contributed by atoms with E-state index in [-0.39, 0.29) is 0 Å². The van der Waals surface area contributed by atoms with Gasteiger partial charge in [-0.05, 0) is 35.2 Å². The topological polar surface area (TPSA) is 8.29 Å². The van der Waals surface area contributed by atoms with Crippen LogP contribution in [-0.2, 0) is 6.54 Å². The van der Waals surface area contributed by atoms with Gasteiger partial charge < -0.3 is 0 Å². The zero-order valence-electron chi connectivity index (χ0n) is 11.4. The summed E-state index contributed by atoms with van der Waals surface area (Å²) in [5.41, 5.74) is 2.46. The van der Waals surface area contributed by atoms with Gasteiger partial charge in [0.1, 0.15) is 12.7 Å². The van der Waals surface area contributed by atoms with Gasteiger partial charge in [0.25, 0.3) is 0 Å². The van der Waals surface area contributed by atoms with Gasteiger partial charge >= 0.3 is 0 Å². The van der Waals surface area contributed by atoms with E-state index in [0.29, 0.717) is 0 Å². The van der Waals surface area contributed by atoms with E-state index in [1.165, 1.54) is 21.9 Å². The summed E-state index contributed by atoms with van der Waals surface area (Å²) < 4.78 is 4.36. The lowest BCUT2D eigenvalue weighted by atomic mass is 10.1. The van der Waals surface area contributed by atoms with Crippen molar-refractivity contribution in [1.82, 2.24) is 4.40 Å². The number of imidazole rings is 1. The van der Waals surface area contributed by atoms with Gasteiger partial charge in [0.2, 0.25) is 6.33 Å². The fourth-order valence-corrected chi connectivity index (χ4v) is 2.86. The first-order valence-electron chi connectivity index (χ1n) is 6.92. The quantitative estimate of drug-likeness (QED) is 0.492. The molecular weight excluding hydrogens is 280 g/mol. The molecular formula is C18H14ClN2+. The van der Waals surface area contributed by atoms with Crippen LogP contribution in [0.4, 0.5) is 0 Å². The Morgan fingerprint density at radius 3 is 2.62 bits per heavy atom. The Bertz CT molecular complexity index is 923. The summed E-state index contributed by atoms with van der Waals surface area (Å²) in [4.78, 5) is 0. The van der Waals surface area contributed by atoms with Gasteiger partial charge in [-0.15, -0.1) is 0 Å². The van der Waals surface area contributed by atoms with Crippen molar-refractivity contribution >= 4 is 27.9 Å². The Hall–Kier alpha value is -2.32. The summed E-state index contributed by atoms with van der Waals surface area (Å²) in [6.07, 6.45) is 6.42. The molecule has 21 heavy (non-hydrogen) atoms. The number of hydrogen-bond acceptors (Lipinski definition) is 0. The van der Waals surface area contributed by atoms with Gasteiger partial charge in [0, 0.05) is 10.4 Å². The van der Waals surface area contributed by atoms with Crippen molar-refractivity contribution in [3.05, 3.63) is 83.9 Å². The third-order valence-corrected chi connectivity index (χ3v) is 4.02. The summed E-state index contributed by atoms with van der Waals surface area (Å²) >= 11 is 5.93. The molecule has 2 aromatic heterocycles. The molecule has 0 unspecified atom stereocenters. The van der Waals surface area contributed by atoms with Crippen molar-refractivity contribution in [2.75, 3.05) is 0 Å². The van der Waals surface area contributed by atoms with E-state index >= 15 is 0 Å². The molecule has 0 atom stereocenters. The van der Waals surface area contributed by atoms with Crippen LogP contribution in [-0.4, -0.2) is 4.40 Å². The second kappa shape index (κ2) is 4.90. The van der Waals surface area contributed by atoms with Crippen LogP contribution < -0.4 is 4.57 Å². The Labute approximate surface area is 127 Å². The maximum atomic E-state index is 5.93. The molecule has 0 aliphatic heterocycles. The maximum Gasteiger partial charge on any atom is 0.249 e. The monoisotopic (exact) mass is 293 g/mol.